The highest BCUT2D eigenvalue weighted by Gasteiger charge is 2.43. The molecule has 1 aliphatic heterocycles. The Balaban J connectivity index is 2.02. The molecule has 0 bridgehead atoms. The first-order valence-corrected chi connectivity index (χ1v) is 5.71. The summed E-state index contributed by atoms with van der Waals surface area (Å²) in [5, 5.41) is 10.4. The van der Waals surface area contributed by atoms with E-state index in [0.29, 0.717) is 19.5 Å². The molecule has 1 amide bonds. The topological polar surface area (TPSA) is 49.8 Å². The minimum absolute atomic E-state index is 0.249. The number of methoxy groups -OCH3 is 1. The molecule has 1 saturated carbocycles. The third-order valence-electron chi connectivity index (χ3n) is 3.86. The average Bonchev–Trinajstić information content (AvgIpc) is 2.26. The summed E-state index contributed by atoms with van der Waals surface area (Å²) >= 11 is 0. The third-order valence-corrected chi connectivity index (χ3v) is 3.86. The third kappa shape index (κ3) is 1.95. The molecule has 1 aliphatic carbocycles. The van der Waals surface area contributed by atoms with Gasteiger partial charge in [0.05, 0.1) is 12.7 Å². The molecule has 1 saturated heterocycles. The first kappa shape index (κ1) is 10.7. The maximum Gasteiger partial charge on any atom is 0.409 e. The molecule has 0 aromatic rings. The number of hydrogen-bond acceptors (Lipinski definition) is 3. The highest BCUT2D eigenvalue weighted by atomic mass is 16.5. The predicted molar refractivity (Wildman–Crippen MR) is 55.5 cm³/mol. The Morgan fingerprint density at radius 3 is 3.00 bits per heavy atom. The Labute approximate surface area is 90.2 Å². The molecule has 2 rings (SSSR count). The van der Waals surface area contributed by atoms with Gasteiger partial charge in [-0.25, -0.2) is 4.79 Å². The van der Waals surface area contributed by atoms with Crippen LogP contribution in [-0.4, -0.2) is 41.9 Å². The van der Waals surface area contributed by atoms with Crippen LogP contribution in [0.15, 0.2) is 0 Å². The normalized spacial score (nSPS) is 35.9. The first-order chi connectivity index (χ1) is 7.15. The minimum atomic E-state index is -0.511. The van der Waals surface area contributed by atoms with Crippen molar-refractivity contribution in [2.45, 2.75) is 37.7 Å². The van der Waals surface area contributed by atoms with E-state index < -0.39 is 5.60 Å². The molecule has 15 heavy (non-hydrogen) atoms. The molecule has 2 unspecified atom stereocenters. The molecular weight excluding hydrogens is 194 g/mol. The highest BCUT2D eigenvalue weighted by molar-refractivity contribution is 5.67. The van der Waals surface area contributed by atoms with E-state index in [2.05, 4.69) is 0 Å². The largest absolute Gasteiger partial charge is 0.453 e. The second kappa shape index (κ2) is 4.00. The second-order valence-corrected chi connectivity index (χ2v) is 4.71. The smallest absolute Gasteiger partial charge is 0.409 e. The zero-order valence-corrected chi connectivity index (χ0v) is 9.24. The molecule has 0 aromatic carbocycles. The molecule has 2 atom stereocenters. The molecule has 0 spiro atoms. The summed E-state index contributed by atoms with van der Waals surface area (Å²) in [6.45, 7) is 1.28. The maximum absolute atomic E-state index is 11.4. The zero-order valence-electron chi connectivity index (χ0n) is 9.24. The van der Waals surface area contributed by atoms with Crippen LogP contribution in [0.2, 0.25) is 0 Å². The number of carbonyl (C=O) groups excluding carboxylic acids is 1. The molecule has 0 radical (unpaired) electrons. The van der Waals surface area contributed by atoms with E-state index in [9.17, 15) is 9.90 Å². The standard InChI is InChI=1S/C11H19NO3/c1-15-10(13)12-7-6-11(14)5-3-2-4-9(11)8-12/h9,14H,2-8H2,1H3. The van der Waals surface area contributed by atoms with Gasteiger partial charge in [-0.1, -0.05) is 12.8 Å². The molecule has 86 valence electrons. The van der Waals surface area contributed by atoms with E-state index >= 15 is 0 Å². The Hall–Kier alpha value is -0.770. The molecule has 1 N–H and O–H groups in total. The van der Waals surface area contributed by atoms with Gasteiger partial charge in [-0.05, 0) is 19.3 Å². The number of rotatable bonds is 0. The monoisotopic (exact) mass is 213 g/mol. The summed E-state index contributed by atoms with van der Waals surface area (Å²) < 4.78 is 4.71. The molecule has 2 fully saturated rings. The Kier molecular flexibility index (Phi) is 2.87. The summed E-state index contributed by atoms with van der Waals surface area (Å²) in [6.07, 6.45) is 4.65. The molecular formula is C11H19NO3. The van der Waals surface area contributed by atoms with E-state index in [0.717, 1.165) is 19.3 Å². The minimum Gasteiger partial charge on any atom is -0.453 e. The van der Waals surface area contributed by atoms with Gasteiger partial charge >= 0.3 is 6.09 Å². The van der Waals surface area contributed by atoms with Crippen molar-refractivity contribution in [1.82, 2.24) is 4.90 Å². The van der Waals surface area contributed by atoms with Crippen LogP contribution in [0.1, 0.15) is 32.1 Å². The van der Waals surface area contributed by atoms with Crippen LogP contribution in [0, 0.1) is 5.92 Å². The van der Waals surface area contributed by atoms with Crippen LogP contribution in [0.5, 0.6) is 0 Å². The molecule has 4 heteroatoms. The van der Waals surface area contributed by atoms with E-state index in [1.54, 1.807) is 4.90 Å². The quantitative estimate of drug-likeness (QED) is 0.661. The molecule has 0 aromatic heterocycles. The number of fused-ring (bicyclic) bond motifs is 1. The van der Waals surface area contributed by atoms with Gasteiger partial charge in [-0.3, -0.25) is 0 Å². The van der Waals surface area contributed by atoms with Crippen LogP contribution in [0.3, 0.4) is 0 Å². The van der Waals surface area contributed by atoms with Gasteiger partial charge < -0.3 is 14.7 Å². The van der Waals surface area contributed by atoms with Crippen molar-refractivity contribution in [1.29, 1.82) is 0 Å². The van der Waals surface area contributed by atoms with Crippen molar-refractivity contribution in [2.24, 2.45) is 5.92 Å². The lowest BCUT2D eigenvalue weighted by Crippen LogP contribution is -2.54. The number of aliphatic hydroxyl groups is 1. The Bertz CT molecular complexity index is 256. The van der Waals surface area contributed by atoms with Gasteiger partial charge in [0.15, 0.2) is 0 Å². The highest BCUT2D eigenvalue weighted by Crippen LogP contribution is 2.39. The van der Waals surface area contributed by atoms with Crippen LogP contribution in [0.25, 0.3) is 0 Å². The van der Waals surface area contributed by atoms with Crippen LogP contribution >= 0.6 is 0 Å². The summed E-state index contributed by atoms with van der Waals surface area (Å²) in [7, 11) is 1.41. The maximum atomic E-state index is 11.4. The van der Waals surface area contributed by atoms with E-state index in [1.165, 1.54) is 13.5 Å². The lowest BCUT2D eigenvalue weighted by molar-refractivity contribution is -0.0907. The van der Waals surface area contributed by atoms with Crippen molar-refractivity contribution in [3.05, 3.63) is 0 Å². The number of ether oxygens (including phenoxy) is 1. The SMILES string of the molecule is COC(=O)N1CCC2(O)CCCCC2C1. The van der Waals surface area contributed by atoms with E-state index in [4.69, 9.17) is 4.74 Å². The van der Waals surface area contributed by atoms with Crippen molar-refractivity contribution in [3.8, 4) is 0 Å². The van der Waals surface area contributed by atoms with Crippen molar-refractivity contribution in [3.63, 3.8) is 0 Å². The van der Waals surface area contributed by atoms with Crippen molar-refractivity contribution < 1.29 is 14.6 Å². The summed E-state index contributed by atoms with van der Waals surface area (Å²) in [6, 6.07) is 0. The number of likely N-dealkylation sites (tertiary alicyclic amines) is 1. The number of amides is 1. The summed E-state index contributed by atoms with van der Waals surface area (Å²) in [5.74, 6) is 0.249. The van der Waals surface area contributed by atoms with Crippen molar-refractivity contribution in [2.75, 3.05) is 20.2 Å². The molecule has 4 nitrogen and oxygen atoms in total. The van der Waals surface area contributed by atoms with Gasteiger partial charge in [0, 0.05) is 19.0 Å². The predicted octanol–water partition coefficient (Wildman–Crippen LogP) is 1.38. The lowest BCUT2D eigenvalue weighted by atomic mass is 9.71. The second-order valence-electron chi connectivity index (χ2n) is 4.71. The first-order valence-electron chi connectivity index (χ1n) is 5.71. The van der Waals surface area contributed by atoms with Gasteiger partial charge in [-0.15, -0.1) is 0 Å². The molecule has 2 aliphatic rings. The Morgan fingerprint density at radius 1 is 1.47 bits per heavy atom. The number of carbonyl (C=O) groups is 1. The van der Waals surface area contributed by atoms with Gasteiger partial charge in [-0.2, -0.15) is 0 Å². The Morgan fingerprint density at radius 2 is 2.27 bits per heavy atom. The van der Waals surface area contributed by atoms with Gasteiger partial charge in [0.1, 0.15) is 0 Å². The van der Waals surface area contributed by atoms with Gasteiger partial charge in [0.25, 0.3) is 0 Å². The average molecular weight is 213 g/mol. The number of hydrogen-bond donors (Lipinski definition) is 1. The van der Waals surface area contributed by atoms with Crippen LogP contribution in [0.4, 0.5) is 4.79 Å². The van der Waals surface area contributed by atoms with Gasteiger partial charge in [0.2, 0.25) is 0 Å². The van der Waals surface area contributed by atoms with Crippen molar-refractivity contribution >= 4 is 6.09 Å². The fraction of sp³-hybridized carbons (Fsp3) is 0.909. The van der Waals surface area contributed by atoms with Crippen LogP contribution < -0.4 is 0 Å². The van der Waals surface area contributed by atoms with E-state index in [1.807, 2.05) is 0 Å². The van der Waals surface area contributed by atoms with Crippen LogP contribution in [-0.2, 0) is 4.74 Å². The fourth-order valence-electron chi connectivity index (χ4n) is 2.87. The fourth-order valence-corrected chi connectivity index (χ4v) is 2.87. The molecule has 1 heterocycles. The summed E-state index contributed by atoms with van der Waals surface area (Å²) in [4.78, 5) is 13.1. The van der Waals surface area contributed by atoms with E-state index in [-0.39, 0.29) is 12.0 Å². The lowest BCUT2D eigenvalue weighted by Gasteiger charge is -2.46. The number of nitrogens with zero attached hydrogens (tertiary/aromatic N) is 1. The zero-order chi connectivity index (χ0) is 10.9. The number of piperidine rings is 1. The summed E-state index contributed by atoms with van der Waals surface area (Å²) in [5.41, 5.74) is -0.511.